The monoisotopic (exact) mass is 379 g/mol. The molecule has 0 aliphatic rings. The Balaban J connectivity index is 1.79. The third-order valence-corrected chi connectivity index (χ3v) is 6.32. The maximum absolute atomic E-state index is 12.9. The summed E-state index contributed by atoms with van der Waals surface area (Å²) in [5.41, 5.74) is 1.54. The van der Waals surface area contributed by atoms with E-state index in [4.69, 9.17) is 0 Å². The summed E-state index contributed by atoms with van der Waals surface area (Å²) in [4.78, 5) is 11.4. The molecule has 1 aromatic carbocycles. The van der Waals surface area contributed by atoms with Gasteiger partial charge in [-0.15, -0.1) is 11.3 Å². The van der Waals surface area contributed by atoms with Gasteiger partial charge in [-0.1, -0.05) is 12.1 Å². The molecule has 0 aliphatic heterocycles. The molecule has 25 heavy (non-hydrogen) atoms. The quantitative estimate of drug-likeness (QED) is 0.736. The van der Waals surface area contributed by atoms with E-state index in [1.165, 1.54) is 48.1 Å². The summed E-state index contributed by atoms with van der Waals surface area (Å²) in [6.07, 6.45) is 0. The Hall–Kier alpha value is -2.36. The predicted molar refractivity (Wildman–Crippen MR) is 93.2 cm³/mol. The third kappa shape index (κ3) is 4.01. The number of thiophene rings is 1. The number of hydrogen-bond acceptors (Lipinski definition) is 5. The maximum atomic E-state index is 12.9. The van der Waals surface area contributed by atoms with Crippen LogP contribution in [0.3, 0.4) is 0 Å². The second-order valence-corrected chi connectivity index (χ2v) is 8.19. The van der Waals surface area contributed by atoms with Crippen LogP contribution in [0, 0.1) is 5.82 Å². The molecule has 9 heteroatoms. The predicted octanol–water partition coefficient (Wildman–Crippen LogP) is 2.13. The lowest BCUT2D eigenvalue weighted by molar-refractivity contribution is 0.583. The lowest BCUT2D eigenvalue weighted by Crippen LogP contribution is -2.22. The van der Waals surface area contributed by atoms with E-state index in [1.54, 1.807) is 11.4 Å². The lowest BCUT2D eigenvalue weighted by Gasteiger charge is -2.05. The van der Waals surface area contributed by atoms with Gasteiger partial charge >= 0.3 is 0 Å². The summed E-state index contributed by atoms with van der Waals surface area (Å²) >= 11 is 1.06. The van der Waals surface area contributed by atoms with Gasteiger partial charge in [0.05, 0.1) is 5.69 Å². The van der Waals surface area contributed by atoms with Crippen molar-refractivity contribution >= 4 is 21.4 Å². The Labute approximate surface area is 147 Å². The minimum absolute atomic E-state index is 0.0634. The number of aryl methyl sites for hydroxylation is 1. The van der Waals surface area contributed by atoms with Gasteiger partial charge < -0.3 is 0 Å². The van der Waals surface area contributed by atoms with Crippen LogP contribution in [0.1, 0.15) is 5.56 Å². The SMILES string of the molecule is Cn1nc(-c2csc(S(=O)(=O)NCc3ccc(F)cc3)c2)ccc1=O. The normalized spacial score (nSPS) is 11.6. The molecule has 2 aromatic heterocycles. The minimum atomic E-state index is -3.70. The van der Waals surface area contributed by atoms with Crippen molar-refractivity contribution in [3.05, 3.63) is 69.6 Å². The van der Waals surface area contributed by atoms with Crippen molar-refractivity contribution in [3.63, 3.8) is 0 Å². The molecule has 3 aromatic rings. The van der Waals surface area contributed by atoms with Crippen molar-refractivity contribution in [1.29, 1.82) is 0 Å². The fourth-order valence-electron chi connectivity index (χ4n) is 2.10. The Morgan fingerprint density at radius 1 is 1.20 bits per heavy atom. The minimum Gasteiger partial charge on any atom is -0.268 e. The first kappa shape index (κ1) is 17.5. The number of halogens is 1. The zero-order valence-corrected chi connectivity index (χ0v) is 14.8. The molecule has 3 rings (SSSR count). The molecule has 0 aliphatic carbocycles. The van der Waals surface area contributed by atoms with Crippen LogP contribution >= 0.6 is 11.3 Å². The number of benzene rings is 1. The first-order valence-corrected chi connectivity index (χ1v) is 9.59. The molecule has 2 heterocycles. The number of aromatic nitrogens is 2. The molecule has 0 fully saturated rings. The van der Waals surface area contributed by atoms with E-state index in [0.29, 0.717) is 16.8 Å². The molecule has 0 radical (unpaired) electrons. The van der Waals surface area contributed by atoms with Crippen LogP contribution in [-0.2, 0) is 23.6 Å². The smallest absolute Gasteiger partial charge is 0.266 e. The molecule has 0 saturated carbocycles. The van der Waals surface area contributed by atoms with Crippen LogP contribution in [0.4, 0.5) is 4.39 Å². The first-order chi connectivity index (χ1) is 11.8. The van der Waals surface area contributed by atoms with Gasteiger partial charge in [-0.3, -0.25) is 4.79 Å². The molecule has 0 bridgehead atoms. The largest absolute Gasteiger partial charge is 0.268 e. The zero-order valence-electron chi connectivity index (χ0n) is 13.1. The van der Waals surface area contributed by atoms with Gasteiger partial charge in [-0.05, 0) is 29.8 Å². The third-order valence-electron chi connectivity index (χ3n) is 3.48. The highest BCUT2D eigenvalue weighted by molar-refractivity contribution is 7.91. The van der Waals surface area contributed by atoms with Crippen molar-refractivity contribution in [2.45, 2.75) is 10.8 Å². The highest BCUT2D eigenvalue weighted by Gasteiger charge is 2.17. The van der Waals surface area contributed by atoms with Crippen LogP contribution in [0.5, 0.6) is 0 Å². The Kier molecular flexibility index (Phi) is 4.80. The van der Waals surface area contributed by atoms with Crippen LogP contribution in [-0.4, -0.2) is 18.2 Å². The lowest BCUT2D eigenvalue weighted by atomic mass is 10.2. The molecule has 0 atom stereocenters. The number of nitrogens with one attached hydrogen (secondary N) is 1. The average molecular weight is 379 g/mol. The number of nitrogens with zero attached hydrogens (tertiary/aromatic N) is 2. The Morgan fingerprint density at radius 2 is 1.92 bits per heavy atom. The molecule has 0 saturated heterocycles. The second-order valence-electron chi connectivity index (χ2n) is 5.29. The molecule has 0 spiro atoms. The van der Waals surface area contributed by atoms with Crippen LogP contribution in [0.15, 0.2) is 56.8 Å². The summed E-state index contributed by atoms with van der Waals surface area (Å²) in [5.74, 6) is -0.376. The highest BCUT2D eigenvalue weighted by atomic mass is 32.2. The Morgan fingerprint density at radius 3 is 2.60 bits per heavy atom. The van der Waals surface area contributed by atoms with E-state index in [0.717, 1.165) is 11.3 Å². The van der Waals surface area contributed by atoms with E-state index in [-0.39, 0.29) is 22.1 Å². The van der Waals surface area contributed by atoms with Gasteiger partial charge in [0.25, 0.3) is 5.56 Å². The van der Waals surface area contributed by atoms with Crippen LogP contribution in [0.25, 0.3) is 11.3 Å². The molecule has 0 amide bonds. The fraction of sp³-hybridized carbons (Fsp3) is 0.125. The standard InChI is InChI=1S/C16H14FN3O3S2/c1-20-15(21)7-6-14(19-20)12-8-16(24-10-12)25(22,23)18-9-11-2-4-13(17)5-3-11/h2-8,10,18H,9H2,1H3. The van der Waals surface area contributed by atoms with E-state index < -0.39 is 10.0 Å². The van der Waals surface area contributed by atoms with E-state index in [1.807, 2.05) is 0 Å². The van der Waals surface area contributed by atoms with Gasteiger partial charge in [0.1, 0.15) is 10.0 Å². The molecular weight excluding hydrogens is 365 g/mol. The molecule has 0 unspecified atom stereocenters. The van der Waals surface area contributed by atoms with E-state index in [2.05, 4.69) is 9.82 Å². The molecule has 1 N–H and O–H groups in total. The molecule has 6 nitrogen and oxygen atoms in total. The number of hydrogen-bond donors (Lipinski definition) is 1. The summed E-state index contributed by atoms with van der Waals surface area (Å²) in [6, 6.07) is 10.0. The topological polar surface area (TPSA) is 81.1 Å². The van der Waals surface area contributed by atoms with Crippen molar-refractivity contribution in [2.24, 2.45) is 7.05 Å². The van der Waals surface area contributed by atoms with Gasteiger partial charge in [0.15, 0.2) is 0 Å². The van der Waals surface area contributed by atoms with Crippen molar-refractivity contribution in [2.75, 3.05) is 0 Å². The Bertz CT molecular complexity index is 1060. The summed E-state index contributed by atoms with van der Waals surface area (Å²) in [7, 11) is -2.17. The highest BCUT2D eigenvalue weighted by Crippen LogP contribution is 2.26. The van der Waals surface area contributed by atoms with Gasteiger partial charge in [0.2, 0.25) is 10.0 Å². The van der Waals surface area contributed by atoms with Gasteiger partial charge in [-0.2, -0.15) is 5.10 Å². The summed E-state index contributed by atoms with van der Waals surface area (Å²) in [5, 5.41) is 5.77. The van der Waals surface area contributed by atoms with Crippen molar-refractivity contribution in [3.8, 4) is 11.3 Å². The fourth-order valence-corrected chi connectivity index (χ4v) is 4.34. The summed E-state index contributed by atoms with van der Waals surface area (Å²) in [6.45, 7) is 0.0634. The summed E-state index contributed by atoms with van der Waals surface area (Å²) < 4.78 is 41.5. The average Bonchev–Trinajstić information content (AvgIpc) is 3.08. The maximum Gasteiger partial charge on any atom is 0.266 e. The van der Waals surface area contributed by atoms with E-state index >= 15 is 0 Å². The van der Waals surface area contributed by atoms with E-state index in [9.17, 15) is 17.6 Å². The molecular formula is C16H14FN3O3S2. The van der Waals surface area contributed by atoms with Gasteiger partial charge in [0, 0.05) is 30.6 Å². The molecule has 130 valence electrons. The van der Waals surface area contributed by atoms with Crippen LogP contribution < -0.4 is 10.3 Å². The van der Waals surface area contributed by atoms with Crippen molar-refractivity contribution < 1.29 is 12.8 Å². The zero-order chi connectivity index (χ0) is 18.0. The second kappa shape index (κ2) is 6.87. The van der Waals surface area contributed by atoms with Crippen molar-refractivity contribution in [1.82, 2.24) is 14.5 Å². The van der Waals surface area contributed by atoms with Crippen LogP contribution in [0.2, 0.25) is 0 Å². The number of sulfonamides is 1. The first-order valence-electron chi connectivity index (χ1n) is 7.22. The van der Waals surface area contributed by atoms with Gasteiger partial charge in [-0.25, -0.2) is 22.2 Å². The number of rotatable bonds is 5.